The van der Waals surface area contributed by atoms with E-state index in [2.05, 4.69) is 5.32 Å². The third-order valence-corrected chi connectivity index (χ3v) is 6.14. The maximum absolute atomic E-state index is 13.2. The molecule has 1 unspecified atom stereocenters. The van der Waals surface area contributed by atoms with E-state index in [-0.39, 0.29) is 21.7 Å². The molecule has 2 rings (SSSR count). The van der Waals surface area contributed by atoms with Crippen LogP contribution in [0.15, 0.2) is 23.1 Å². The van der Waals surface area contributed by atoms with Gasteiger partial charge in [-0.05, 0) is 43.5 Å². The van der Waals surface area contributed by atoms with Crippen LogP contribution in [0.5, 0.6) is 0 Å². The third-order valence-electron chi connectivity index (χ3n) is 4.08. The van der Waals surface area contributed by atoms with E-state index >= 15 is 0 Å². The van der Waals surface area contributed by atoms with Crippen LogP contribution in [-0.4, -0.2) is 26.8 Å². The van der Waals surface area contributed by atoms with E-state index < -0.39 is 15.7 Å². The molecule has 1 aliphatic carbocycles. The lowest BCUT2D eigenvalue weighted by Gasteiger charge is -2.24. The van der Waals surface area contributed by atoms with Crippen LogP contribution < -0.4 is 5.32 Å². The number of hydrogen-bond donors (Lipinski definition) is 1. The number of hydrogen-bond acceptors (Lipinski definition) is 3. The standard InChI is InChI=1S/C15H21ClFNO2S/c1-2-18-15(11-5-3-4-6-11)10-21(19,20)12-7-8-14(17)13(16)9-12/h7-9,11,15,18H,2-6,10H2,1H3. The first-order valence-electron chi connectivity index (χ1n) is 7.35. The summed E-state index contributed by atoms with van der Waals surface area (Å²) in [7, 11) is -3.47. The highest BCUT2D eigenvalue weighted by molar-refractivity contribution is 7.91. The normalized spacial score (nSPS) is 18.0. The first kappa shape index (κ1) is 16.7. The molecule has 1 aromatic carbocycles. The van der Waals surface area contributed by atoms with Crippen molar-refractivity contribution in [2.45, 2.75) is 43.5 Å². The zero-order chi connectivity index (χ0) is 15.5. The topological polar surface area (TPSA) is 46.2 Å². The summed E-state index contributed by atoms with van der Waals surface area (Å²) >= 11 is 5.69. The summed E-state index contributed by atoms with van der Waals surface area (Å²) in [6.07, 6.45) is 4.46. The molecule has 1 aromatic rings. The average Bonchev–Trinajstić information content (AvgIpc) is 2.95. The summed E-state index contributed by atoms with van der Waals surface area (Å²) in [6.45, 7) is 2.71. The Labute approximate surface area is 130 Å². The summed E-state index contributed by atoms with van der Waals surface area (Å²) in [5.74, 6) is -0.168. The molecule has 0 saturated heterocycles. The molecule has 0 bridgehead atoms. The van der Waals surface area contributed by atoms with Crippen molar-refractivity contribution in [3.05, 3.63) is 29.0 Å². The molecular formula is C15H21ClFNO2S. The van der Waals surface area contributed by atoms with Crippen LogP contribution in [0, 0.1) is 11.7 Å². The van der Waals surface area contributed by atoms with E-state index in [0.29, 0.717) is 5.92 Å². The fourth-order valence-electron chi connectivity index (χ4n) is 2.99. The lowest BCUT2D eigenvalue weighted by Crippen LogP contribution is -2.40. The average molecular weight is 334 g/mol. The first-order valence-corrected chi connectivity index (χ1v) is 9.38. The second-order valence-electron chi connectivity index (χ2n) is 5.57. The van der Waals surface area contributed by atoms with Crippen LogP contribution in [0.2, 0.25) is 5.02 Å². The molecule has 1 fully saturated rings. The van der Waals surface area contributed by atoms with E-state index in [4.69, 9.17) is 11.6 Å². The minimum Gasteiger partial charge on any atom is -0.313 e. The highest BCUT2D eigenvalue weighted by Crippen LogP contribution is 2.29. The highest BCUT2D eigenvalue weighted by atomic mass is 35.5. The van der Waals surface area contributed by atoms with E-state index in [1.54, 1.807) is 0 Å². The Balaban J connectivity index is 2.18. The molecule has 0 amide bonds. The Kier molecular flexibility index (Phi) is 5.63. The number of rotatable bonds is 6. The van der Waals surface area contributed by atoms with Gasteiger partial charge in [0, 0.05) is 6.04 Å². The number of sulfone groups is 1. The van der Waals surface area contributed by atoms with E-state index in [1.165, 1.54) is 12.1 Å². The van der Waals surface area contributed by atoms with Crippen molar-refractivity contribution in [3.8, 4) is 0 Å². The molecule has 1 N–H and O–H groups in total. The molecule has 0 heterocycles. The van der Waals surface area contributed by atoms with Crippen molar-refractivity contribution in [2.24, 2.45) is 5.92 Å². The molecule has 1 aliphatic rings. The smallest absolute Gasteiger partial charge is 0.179 e. The van der Waals surface area contributed by atoms with Crippen molar-refractivity contribution >= 4 is 21.4 Å². The van der Waals surface area contributed by atoms with Crippen molar-refractivity contribution in [1.82, 2.24) is 5.32 Å². The molecular weight excluding hydrogens is 313 g/mol. The van der Waals surface area contributed by atoms with Crippen LogP contribution in [-0.2, 0) is 9.84 Å². The Morgan fingerprint density at radius 3 is 2.62 bits per heavy atom. The molecule has 118 valence electrons. The van der Waals surface area contributed by atoms with Crippen molar-refractivity contribution in [1.29, 1.82) is 0 Å². The number of halogens is 2. The third kappa shape index (κ3) is 4.18. The summed E-state index contributed by atoms with van der Waals surface area (Å²) in [5, 5.41) is 3.13. The van der Waals surface area contributed by atoms with Gasteiger partial charge in [-0.1, -0.05) is 31.4 Å². The van der Waals surface area contributed by atoms with Gasteiger partial charge < -0.3 is 5.32 Å². The van der Waals surface area contributed by atoms with Gasteiger partial charge in [0.25, 0.3) is 0 Å². The molecule has 0 spiro atoms. The van der Waals surface area contributed by atoms with Gasteiger partial charge in [-0.15, -0.1) is 0 Å². The van der Waals surface area contributed by atoms with Crippen molar-refractivity contribution < 1.29 is 12.8 Å². The minimum atomic E-state index is -3.47. The second kappa shape index (κ2) is 7.07. The molecule has 3 nitrogen and oxygen atoms in total. The Hall–Kier alpha value is -0.650. The maximum atomic E-state index is 13.2. The van der Waals surface area contributed by atoms with Gasteiger partial charge in [0.2, 0.25) is 0 Å². The Morgan fingerprint density at radius 2 is 2.05 bits per heavy atom. The predicted octanol–water partition coefficient (Wildman–Crippen LogP) is 3.42. The van der Waals surface area contributed by atoms with Crippen molar-refractivity contribution in [2.75, 3.05) is 12.3 Å². The van der Waals surface area contributed by atoms with Gasteiger partial charge in [-0.25, -0.2) is 12.8 Å². The van der Waals surface area contributed by atoms with Crippen LogP contribution in [0.25, 0.3) is 0 Å². The molecule has 0 radical (unpaired) electrons. The van der Waals surface area contributed by atoms with Crippen LogP contribution in [0.3, 0.4) is 0 Å². The Bertz CT molecular complexity index is 585. The largest absolute Gasteiger partial charge is 0.313 e. The fraction of sp³-hybridized carbons (Fsp3) is 0.600. The lowest BCUT2D eigenvalue weighted by molar-refractivity contribution is 0.388. The summed E-state index contributed by atoms with van der Waals surface area (Å²) in [4.78, 5) is 0.0924. The summed E-state index contributed by atoms with van der Waals surface area (Å²) in [5.41, 5.74) is 0. The number of nitrogens with one attached hydrogen (secondary N) is 1. The van der Waals surface area contributed by atoms with Gasteiger partial charge in [-0.3, -0.25) is 0 Å². The number of benzene rings is 1. The molecule has 1 atom stereocenters. The van der Waals surface area contributed by atoms with E-state index in [0.717, 1.165) is 38.3 Å². The first-order chi connectivity index (χ1) is 9.94. The molecule has 0 aromatic heterocycles. The van der Waals surface area contributed by atoms with Gasteiger partial charge in [0.1, 0.15) is 5.82 Å². The lowest BCUT2D eigenvalue weighted by atomic mass is 10.00. The van der Waals surface area contributed by atoms with Crippen molar-refractivity contribution in [3.63, 3.8) is 0 Å². The van der Waals surface area contributed by atoms with E-state index in [9.17, 15) is 12.8 Å². The van der Waals surface area contributed by atoms with Crippen LogP contribution >= 0.6 is 11.6 Å². The second-order valence-corrected chi connectivity index (χ2v) is 8.01. The maximum Gasteiger partial charge on any atom is 0.179 e. The molecule has 6 heteroatoms. The fourth-order valence-corrected chi connectivity index (χ4v) is 4.86. The monoisotopic (exact) mass is 333 g/mol. The highest BCUT2D eigenvalue weighted by Gasteiger charge is 2.29. The predicted molar refractivity (Wildman–Crippen MR) is 82.9 cm³/mol. The summed E-state index contributed by atoms with van der Waals surface area (Å²) < 4.78 is 38.2. The minimum absolute atomic E-state index is 0.0352. The zero-order valence-electron chi connectivity index (χ0n) is 12.1. The van der Waals surface area contributed by atoms with Crippen LogP contribution in [0.4, 0.5) is 4.39 Å². The van der Waals surface area contributed by atoms with Gasteiger partial charge in [0.15, 0.2) is 9.84 Å². The Morgan fingerprint density at radius 1 is 1.38 bits per heavy atom. The van der Waals surface area contributed by atoms with Gasteiger partial charge >= 0.3 is 0 Å². The van der Waals surface area contributed by atoms with Crippen LogP contribution in [0.1, 0.15) is 32.6 Å². The zero-order valence-corrected chi connectivity index (χ0v) is 13.7. The van der Waals surface area contributed by atoms with Gasteiger partial charge in [0.05, 0.1) is 15.7 Å². The summed E-state index contributed by atoms with van der Waals surface area (Å²) in [6, 6.07) is 3.54. The quantitative estimate of drug-likeness (QED) is 0.811. The van der Waals surface area contributed by atoms with E-state index in [1.807, 2.05) is 6.92 Å². The molecule has 0 aliphatic heterocycles. The molecule has 21 heavy (non-hydrogen) atoms. The SMILES string of the molecule is CCNC(CS(=O)(=O)c1ccc(F)c(Cl)c1)C1CCCC1. The molecule has 1 saturated carbocycles. The van der Waals surface area contributed by atoms with Gasteiger partial charge in [-0.2, -0.15) is 0 Å².